The highest BCUT2D eigenvalue weighted by Gasteiger charge is 2.65. The highest BCUT2D eigenvalue weighted by molar-refractivity contribution is 7.86. The molecule has 2 saturated carbocycles. The first kappa shape index (κ1) is 17.3. The van der Waals surface area contributed by atoms with Crippen molar-refractivity contribution in [2.75, 3.05) is 13.2 Å². The summed E-state index contributed by atoms with van der Waals surface area (Å²) in [6.45, 7) is 0.885. The van der Waals surface area contributed by atoms with Crippen molar-refractivity contribution in [2.45, 2.75) is 48.4 Å². The monoisotopic (exact) mass is 374 g/mol. The van der Waals surface area contributed by atoms with E-state index in [0.29, 0.717) is 26.1 Å². The van der Waals surface area contributed by atoms with Crippen LogP contribution < -0.4 is 0 Å². The molecule has 1 unspecified atom stereocenters. The van der Waals surface area contributed by atoms with Crippen LogP contribution in [0.3, 0.4) is 0 Å². The molecule has 1 aliphatic heterocycles. The Balaban J connectivity index is 1.65. The highest BCUT2D eigenvalue weighted by Crippen LogP contribution is 2.59. The summed E-state index contributed by atoms with van der Waals surface area (Å²) in [5.41, 5.74) is -2.03. The summed E-state index contributed by atoms with van der Waals surface area (Å²) in [6, 6.07) is 7.41. The summed E-state index contributed by atoms with van der Waals surface area (Å²) in [7, 11) is -4.28. The van der Waals surface area contributed by atoms with Gasteiger partial charge in [0, 0.05) is 11.8 Å². The van der Waals surface area contributed by atoms with Crippen LogP contribution in [0.2, 0.25) is 0 Å². The Kier molecular flexibility index (Phi) is 4.14. The van der Waals surface area contributed by atoms with Crippen molar-refractivity contribution < 1.29 is 30.9 Å². The number of ether oxygens (including phenoxy) is 2. The Hall–Kier alpha value is -1.09. The number of halogens is 2. The normalized spacial score (nSPS) is 34.0. The lowest BCUT2D eigenvalue weighted by Gasteiger charge is -2.47. The molecule has 1 saturated heterocycles. The molecule has 1 aromatic rings. The first-order valence-corrected chi connectivity index (χ1v) is 9.86. The lowest BCUT2D eigenvalue weighted by atomic mass is 9.73. The molecule has 0 aromatic heterocycles. The van der Waals surface area contributed by atoms with E-state index in [1.807, 2.05) is 0 Å². The highest BCUT2D eigenvalue weighted by atomic mass is 32.2. The Bertz CT molecular complexity index is 715. The zero-order valence-corrected chi connectivity index (χ0v) is 14.4. The van der Waals surface area contributed by atoms with E-state index in [0.717, 1.165) is 0 Å². The van der Waals surface area contributed by atoms with Crippen molar-refractivity contribution >= 4 is 10.1 Å². The molecular formula is C17H20F2O5S. The van der Waals surface area contributed by atoms with Crippen molar-refractivity contribution in [2.24, 2.45) is 11.8 Å². The van der Waals surface area contributed by atoms with Crippen molar-refractivity contribution in [1.82, 2.24) is 0 Å². The van der Waals surface area contributed by atoms with Crippen LogP contribution in [0, 0.1) is 11.8 Å². The van der Waals surface area contributed by atoms with Gasteiger partial charge in [-0.3, -0.25) is 4.18 Å². The minimum absolute atomic E-state index is 0.0900. The van der Waals surface area contributed by atoms with Crippen molar-refractivity contribution in [1.29, 1.82) is 0 Å². The molecule has 2 bridgehead atoms. The summed E-state index contributed by atoms with van der Waals surface area (Å²) >= 11 is 0. The summed E-state index contributed by atoms with van der Waals surface area (Å²) in [4.78, 5) is -0.115. The molecule has 1 heterocycles. The maximum Gasteiger partial charge on any atom is 0.297 e. The fourth-order valence-corrected chi connectivity index (χ4v) is 5.83. The van der Waals surface area contributed by atoms with Gasteiger partial charge >= 0.3 is 0 Å². The maximum atomic E-state index is 14.0. The zero-order chi connectivity index (χ0) is 17.7. The number of rotatable bonds is 4. The van der Waals surface area contributed by atoms with Gasteiger partial charge in [-0.2, -0.15) is 8.42 Å². The van der Waals surface area contributed by atoms with E-state index in [-0.39, 0.29) is 29.6 Å². The van der Waals surface area contributed by atoms with E-state index in [1.165, 1.54) is 24.3 Å². The number of alkyl halides is 2. The minimum atomic E-state index is -4.28. The molecule has 0 N–H and O–H groups in total. The Labute approximate surface area is 145 Å². The van der Waals surface area contributed by atoms with E-state index in [4.69, 9.17) is 13.7 Å². The minimum Gasteiger partial charge on any atom is -0.347 e. The van der Waals surface area contributed by atoms with E-state index >= 15 is 0 Å². The molecule has 1 spiro atoms. The Morgan fingerprint density at radius 2 is 1.60 bits per heavy atom. The van der Waals surface area contributed by atoms with E-state index in [2.05, 4.69) is 0 Å². The standard InChI is InChI=1S/C17H20F2O5S/c18-15(19)16(24-25(20,21)14-4-2-1-3-5-14)10-12-6-7-13(11-16)17(12)22-8-9-23-17/h1-5,12-13,15H,6-11H2/t12-,13+,16?. The third-order valence-corrected chi connectivity index (χ3v) is 7.03. The summed E-state index contributed by atoms with van der Waals surface area (Å²) in [5, 5.41) is 0. The average Bonchev–Trinajstić information content (AvgIpc) is 3.13. The van der Waals surface area contributed by atoms with Crippen LogP contribution in [0.1, 0.15) is 25.7 Å². The molecular weight excluding hydrogens is 354 g/mol. The van der Waals surface area contributed by atoms with E-state index in [1.54, 1.807) is 6.07 Å². The van der Waals surface area contributed by atoms with Gasteiger partial charge in [0.2, 0.25) is 0 Å². The predicted molar refractivity (Wildman–Crippen MR) is 83.5 cm³/mol. The molecule has 0 amide bonds. The van der Waals surface area contributed by atoms with Crippen molar-refractivity contribution in [3.05, 3.63) is 30.3 Å². The fraction of sp³-hybridized carbons (Fsp3) is 0.647. The van der Waals surface area contributed by atoms with Crippen LogP contribution in [0.4, 0.5) is 8.78 Å². The zero-order valence-electron chi connectivity index (χ0n) is 13.6. The van der Waals surface area contributed by atoms with Gasteiger partial charge in [-0.25, -0.2) is 8.78 Å². The van der Waals surface area contributed by atoms with Crippen LogP contribution in [-0.4, -0.2) is 39.4 Å². The molecule has 0 radical (unpaired) electrons. The second-order valence-corrected chi connectivity index (χ2v) is 8.56. The SMILES string of the molecule is O=S(=O)(OC1(C(F)F)C[C@H]2CC[C@@H](C1)C21OCCO1)c1ccccc1. The second kappa shape index (κ2) is 5.97. The number of hydrogen-bond donors (Lipinski definition) is 0. The molecule has 1 aromatic carbocycles. The molecule has 2 aliphatic carbocycles. The second-order valence-electron chi connectivity index (χ2n) is 7.01. The Morgan fingerprint density at radius 1 is 1.04 bits per heavy atom. The van der Waals surface area contributed by atoms with Crippen LogP contribution >= 0.6 is 0 Å². The van der Waals surface area contributed by atoms with E-state index in [9.17, 15) is 17.2 Å². The summed E-state index contributed by atoms with van der Waals surface area (Å²) < 4.78 is 69.9. The van der Waals surface area contributed by atoms with Gasteiger partial charge in [-0.15, -0.1) is 0 Å². The quantitative estimate of drug-likeness (QED) is 0.759. The van der Waals surface area contributed by atoms with Crippen LogP contribution in [-0.2, 0) is 23.8 Å². The van der Waals surface area contributed by atoms with Gasteiger partial charge in [0.25, 0.3) is 16.5 Å². The van der Waals surface area contributed by atoms with Gasteiger partial charge in [0.15, 0.2) is 5.79 Å². The smallest absolute Gasteiger partial charge is 0.297 e. The van der Waals surface area contributed by atoms with Crippen molar-refractivity contribution in [3.8, 4) is 0 Å². The van der Waals surface area contributed by atoms with E-state index < -0.39 is 27.9 Å². The van der Waals surface area contributed by atoms with Crippen molar-refractivity contribution in [3.63, 3.8) is 0 Å². The number of hydrogen-bond acceptors (Lipinski definition) is 5. The molecule has 8 heteroatoms. The number of benzene rings is 1. The maximum absolute atomic E-state index is 14.0. The molecule has 25 heavy (non-hydrogen) atoms. The Morgan fingerprint density at radius 3 is 2.12 bits per heavy atom. The third-order valence-electron chi connectivity index (χ3n) is 5.63. The van der Waals surface area contributed by atoms with Gasteiger partial charge < -0.3 is 9.47 Å². The largest absolute Gasteiger partial charge is 0.347 e. The molecule has 3 fully saturated rings. The summed E-state index contributed by atoms with van der Waals surface area (Å²) in [5.74, 6) is -1.40. The van der Waals surface area contributed by atoms with Crippen LogP contribution in [0.15, 0.2) is 35.2 Å². The lowest BCUT2D eigenvalue weighted by Crippen LogP contribution is -2.56. The molecule has 138 valence electrons. The lowest BCUT2D eigenvalue weighted by molar-refractivity contribution is -0.257. The van der Waals surface area contributed by atoms with Crippen LogP contribution in [0.25, 0.3) is 0 Å². The summed E-state index contributed by atoms with van der Waals surface area (Å²) in [6.07, 6.45) is -1.74. The van der Waals surface area contributed by atoms with Gasteiger partial charge in [-0.1, -0.05) is 18.2 Å². The first-order valence-electron chi connectivity index (χ1n) is 8.45. The fourth-order valence-electron chi connectivity index (χ4n) is 4.60. The molecule has 5 nitrogen and oxygen atoms in total. The van der Waals surface area contributed by atoms with Gasteiger partial charge in [-0.05, 0) is 37.8 Å². The van der Waals surface area contributed by atoms with Crippen LogP contribution in [0.5, 0.6) is 0 Å². The third kappa shape index (κ3) is 2.70. The predicted octanol–water partition coefficient (Wildman–Crippen LogP) is 2.96. The van der Waals surface area contributed by atoms with Gasteiger partial charge in [0.05, 0.1) is 18.1 Å². The molecule has 4 rings (SSSR count). The topological polar surface area (TPSA) is 61.8 Å². The molecule has 3 atom stereocenters. The first-order chi connectivity index (χ1) is 11.9. The van der Waals surface area contributed by atoms with Gasteiger partial charge in [0.1, 0.15) is 5.60 Å². The average molecular weight is 374 g/mol. The molecule has 3 aliphatic rings.